The van der Waals surface area contributed by atoms with E-state index in [2.05, 4.69) is 0 Å². The fourth-order valence-corrected chi connectivity index (χ4v) is 1.45. The molecule has 2 rings (SSSR count). The van der Waals surface area contributed by atoms with Crippen LogP contribution in [0.1, 0.15) is 11.1 Å². The van der Waals surface area contributed by atoms with E-state index in [4.69, 9.17) is 4.74 Å². The van der Waals surface area contributed by atoms with Gasteiger partial charge in [0.05, 0.1) is 0 Å². The summed E-state index contributed by atoms with van der Waals surface area (Å²) in [5, 5.41) is 9.68. The summed E-state index contributed by atoms with van der Waals surface area (Å²) in [4.78, 5) is 0. The molecule has 0 radical (unpaired) electrons. The maximum absolute atomic E-state index is 9.68. The van der Waals surface area contributed by atoms with E-state index in [1.165, 1.54) is 5.56 Å². The van der Waals surface area contributed by atoms with Crippen LogP contribution >= 0.6 is 0 Å². The molecule has 0 aliphatic carbocycles. The number of benzene rings is 2. The highest BCUT2D eigenvalue weighted by Crippen LogP contribution is 2.31. The molecule has 16 heavy (non-hydrogen) atoms. The molecule has 82 valence electrons. The second-order valence-electron chi connectivity index (χ2n) is 3.89. The molecule has 0 heterocycles. The smallest absolute Gasteiger partial charge is 0.169 e. The molecule has 1 N–H and O–H groups in total. The Morgan fingerprint density at radius 2 is 1.50 bits per heavy atom. The zero-order chi connectivity index (χ0) is 11.5. The topological polar surface area (TPSA) is 29.5 Å². The molecule has 2 nitrogen and oxygen atoms in total. The van der Waals surface area contributed by atoms with Gasteiger partial charge in [-0.05, 0) is 43.7 Å². The fourth-order valence-electron chi connectivity index (χ4n) is 1.45. The maximum atomic E-state index is 9.68. The van der Waals surface area contributed by atoms with Gasteiger partial charge >= 0.3 is 0 Å². The first kappa shape index (κ1) is 10.6. The van der Waals surface area contributed by atoms with Crippen molar-refractivity contribution in [1.29, 1.82) is 0 Å². The Hall–Kier alpha value is -1.96. The molecule has 0 aliphatic heterocycles. The van der Waals surface area contributed by atoms with Gasteiger partial charge in [-0.3, -0.25) is 0 Å². The first-order valence-electron chi connectivity index (χ1n) is 5.19. The summed E-state index contributed by atoms with van der Waals surface area (Å²) in [6, 6.07) is 13.1. The van der Waals surface area contributed by atoms with Gasteiger partial charge in [0.15, 0.2) is 11.5 Å². The SMILES string of the molecule is Cc1ccc(Oc2ccc(C)cc2O)cc1. The van der Waals surface area contributed by atoms with Crippen LogP contribution in [-0.2, 0) is 0 Å². The summed E-state index contributed by atoms with van der Waals surface area (Å²) in [7, 11) is 0. The van der Waals surface area contributed by atoms with Crippen molar-refractivity contribution in [2.45, 2.75) is 13.8 Å². The van der Waals surface area contributed by atoms with Crippen LogP contribution in [0.2, 0.25) is 0 Å². The Kier molecular flexibility index (Phi) is 2.82. The van der Waals surface area contributed by atoms with E-state index in [1.807, 2.05) is 44.2 Å². The molecule has 2 aromatic carbocycles. The first-order chi connectivity index (χ1) is 7.65. The third-order valence-corrected chi connectivity index (χ3v) is 2.36. The Morgan fingerprint density at radius 1 is 0.875 bits per heavy atom. The molecule has 0 fully saturated rings. The van der Waals surface area contributed by atoms with Gasteiger partial charge in [0, 0.05) is 0 Å². The van der Waals surface area contributed by atoms with Crippen molar-refractivity contribution in [1.82, 2.24) is 0 Å². The van der Waals surface area contributed by atoms with Crippen LogP contribution in [-0.4, -0.2) is 5.11 Å². The summed E-state index contributed by atoms with van der Waals surface area (Å²) in [5.74, 6) is 1.37. The van der Waals surface area contributed by atoms with Gasteiger partial charge in [0.25, 0.3) is 0 Å². The third-order valence-electron chi connectivity index (χ3n) is 2.36. The number of rotatable bonds is 2. The van der Waals surface area contributed by atoms with Gasteiger partial charge in [-0.25, -0.2) is 0 Å². The molecule has 0 aromatic heterocycles. The largest absolute Gasteiger partial charge is 0.504 e. The summed E-state index contributed by atoms with van der Waals surface area (Å²) < 4.78 is 5.57. The van der Waals surface area contributed by atoms with Crippen molar-refractivity contribution in [2.24, 2.45) is 0 Å². The average molecular weight is 214 g/mol. The number of phenols is 1. The fraction of sp³-hybridized carbons (Fsp3) is 0.143. The van der Waals surface area contributed by atoms with Crippen molar-refractivity contribution in [3.63, 3.8) is 0 Å². The zero-order valence-electron chi connectivity index (χ0n) is 9.40. The second kappa shape index (κ2) is 4.27. The molecule has 2 aromatic rings. The maximum Gasteiger partial charge on any atom is 0.169 e. The third kappa shape index (κ3) is 2.34. The molecule has 0 unspecified atom stereocenters. The number of hydrogen-bond donors (Lipinski definition) is 1. The van der Waals surface area contributed by atoms with Gasteiger partial charge in [0.2, 0.25) is 0 Å². The van der Waals surface area contributed by atoms with E-state index >= 15 is 0 Å². The lowest BCUT2D eigenvalue weighted by atomic mass is 10.2. The Bertz CT molecular complexity index is 487. The van der Waals surface area contributed by atoms with Crippen LogP contribution in [0, 0.1) is 13.8 Å². The monoisotopic (exact) mass is 214 g/mol. The zero-order valence-corrected chi connectivity index (χ0v) is 9.40. The summed E-state index contributed by atoms with van der Waals surface area (Å²) in [6.07, 6.45) is 0. The van der Waals surface area contributed by atoms with E-state index in [9.17, 15) is 5.11 Å². The molecular formula is C14H14O2. The predicted octanol–water partition coefficient (Wildman–Crippen LogP) is 3.80. The highest BCUT2D eigenvalue weighted by Gasteiger charge is 2.03. The Balaban J connectivity index is 2.23. The molecule has 0 bridgehead atoms. The lowest BCUT2D eigenvalue weighted by Crippen LogP contribution is -1.85. The van der Waals surface area contributed by atoms with Crippen molar-refractivity contribution in [3.05, 3.63) is 53.6 Å². The number of aromatic hydroxyl groups is 1. The van der Waals surface area contributed by atoms with Crippen LogP contribution < -0.4 is 4.74 Å². The first-order valence-corrected chi connectivity index (χ1v) is 5.19. The Morgan fingerprint density at radius 3 is 2.12 bits per heavy atom. The molecule has 0 saturated heterocycles. The van der Waals surface area contributed by atoms with Gasteiger partial charge < -0.3 is 9.84 Å². The number of hydrogen-bond acceptors (Lipinski definition) is 2. The van der Waals surface area contributed by atoms with E-state index in [0.717, 1.165) is 11.3 Å². The van der Waals surface area contributed by atoms with Crippen molar-refractivity contribution < 1.29 is 9.84 Å². The van der Waals surface area contributed by atoms with E-state index in [1.54, 1.807) is 12.1 Å². The van der Waals surface area contributed by atoms with Crippen LogP contribution in [0.25, 0.3) is 0 Å². The molecule has 2 heteroatoms. The molecule has 0 spiro atoms. The van der Waals surface area contributed by atoms with Crippen molar-refractivity contribution >= 4 is 0 Å². The number of ether oxygens (including phenoxy) is 1. The summed E-state index contributed by atoms with van der Waals surface area (Å²) in [5.41, 5.74) is 2.19. The van der Waals surface area contributed by atoms with E-state index < -0.39 is 0 Å². The number of phenolic OH excluding ortho intramolecular Hbond substituents is 1. The minimum atomic E-state index is 0.167. The Labute approximate surface area is 95.1 Å². The summed E-state index contributed by atoms with van der Waals surface area (Å²) >= 11 is 0. The standard InChI is InChI=1S/C14H14O2/c1-10-3-6-12(7-4-10)16-14-8-5-11(2)9-13(14)15/h3-9,15H,1-2H3. The molecular weight excluding hydrogens is 200 g/mol. The lowest BCUT2D eigenvalue weighted by molar-refractivity contribution is 0.411. The predicted molar refractivity (Wildman–Crippen MR) is 64.1 cm³/mol. The van der Waals surface area contributed by atoms with Crippen molar-refractivity contribution in [3.8, 4) is 17.2 Å². The minimum absolute atomic E-state index is 0.167. The lowest BCUT2D eigenvalue weighted by Gasteiger charge is -2.08. The van der Waals surface area contributed by atoms with Crippen LogP contribution in [0.15, 0.2) is 42.5 Å². The highest BCUT2D eigenvalue weighted by atomic mass is 16.5. The highest BCUT2D eigenvalue weighted by molar-refractivity contribution is 5.44. The van der Waals surface area contributed by atoms with Gasteiger partial charge in [0.1, 0.15) is 5.75 Å². The quantitative estimate of drug-likeness (QED) is 0.823. The molecule has 0 aliphatic rings. The normalized spacial score (nSPS) is 10.1. The van der Waals surface area contributed by atoms with Gasteiger partial charge in [-0.15, -0.1) is 0 Å². The second-order valence-corrected chi connectivity index (χ2v) is 3.89. The molecule has 0 saturated carbocycles. The number of aryl methyl sites for hydroxylation is 2. The van der Waals surface area contributed by atoms with E-state index in [0.29, 0.717) is 5.75 Å². The van der Waals surface area contributed by atoms with E-state index in [-0.39, 0.29) is 5.75 Å². The minimum Gasteiger partial charge on any atom is -0.504 e. The molecule has 0 atom stereocenters. The van der Waals surface area contributed by atoms with Gasteiger partial charge in [-0.1, -0.05) is 23.8 Å². The summed E-state index contributed by atoms with van der Waals surface area (Å²) in [6.45, 7) is 3.95. The van der Waals surface area contributed by atoms with Crippen LogP contribution in [0.3, 0.4) is 0 Å². The van der Waals surface area contributed by atoms with Crippen LogP contribution in [0.5, 0.6) is 17.2 Å². The average Bonchev–Trinajstić information content (AvgIpc) is 2.25. The van der Waals surface area contributed by atoms with Crippen LogP contribution in [0.4, 0.5) is 0 Å². The van der Waals surface area contributed by atoms with Crippen molar-refractivity contribution in [2.75, 3.05) is 0 Å². The molecule has 0 amide bonds. The van der Waals surface area contributed by atoms with Gasteiger partial charge in [-0.2, -0.15) is 0 Å².